The predicted octanol–water partition coefficient (Wildman–Crippen LogP) is 7.16. The van der Waals surface area contributed by atoms with Gasteiger partial charge in [-0.05, 0) is 86.6 Å². The van der Waals surface area contributed by atoms with Crippen molar-refractivity contribution in [2.45, 2.75) is 57.0 Å². The first-order valence-electron chi connectivity index (χ1n) is 15.5. The number of carbonyl (C=O) groups excluding carboxylic acids is 2. The van der Waals surface area contributed by atoms with Crippen LogP contribution < -0.4 is 15.4 Å². The highest BCUT2D eigenvalue weighted by atomic mass is 35.5. The van der Waals surface area contributed by atoms with Crippen molar-refractivity contribution in [3.05, 3.63) is 105 Å². The highest BCUT2D eigenvalue weighted by Crippen LogP contribution is 2.38. The Morgan fingerprint density at radius 1 is 1.00 bits per heavy atom. The lowest BCUT2D eigenvalue weighted by atomic mass is 9.94. The summed E-state index contributed by atoms with van der Waals surface area (Å²) in [5, 5.41) is 12.6. The Hall–Kier alpha value is -4.28. The van der Waals surface area contributed by atoms with Crippen LogP contribution in [0.2, 0.25) is 5.02 Å². The Morgan fingerprint density at radius 3 is 2.52 bits per heavy atom. The fourth-order valence-electron chi connectivity index (χ4n) is 5.75. The highest BCUT2D eigenvalue weighted by Gasteiger charge is 2.34. The van der Waals surface area contributed by atoms with Crippen LogP contribution in [-0.4, -0.2) is 51.2 Å². The number of likely N-dealkylation sites (tertiary alicyclic amines) is 1. The van der Waals surface area contributed by atoms with Gasteiger partial charge in [0.25, 0.3) is 11.8 Å². The number of amides is 2. The number of hydrogen-bond acceptors (Lipinski definition) is 7. The number of halogens is 1. The zero-order valence-corrected chi connectivity index (χ0v) is 27.8. The van der Waals surface area contributed by atoms with Crippen LogP contribution in [-0.2, 0) is 15.3 Å². The molecule has 4 aromatic rings. The van der Waals surface area contributed by atoms with Gasteiger partial charge in [-0.2, -0.15) is 4.98 Å². The van der Waals surface area contributed by atoms with Gasteiger partial charge in [-0.3, -0.25) is 9.59 Å². The Kier molecular flexibility index (Phi) is 9.65. The molecule has 11 heteroatoms. The van der Waals surface area contributed by atoms with Gasteiger partial charge in [0, 0.05) is 35.2 Å². The van der Waals surface area contributed by atoms with E-state index in [1.54, 1.807) is 4.68 Å². The maximum atomic E-state index is 14.0. The second-order valence-corrected chi connectivity index (χ2v) is 13.0. The molecule has 3 heterocycles. The molecule has 0 radical (unpaired) electrons. The molecule has 46 heavy (non-hydrogen) atoms. The van der Waals surface area contributed by atoms with Gasteiger partial charge >= 0.3 is 0 Å². The van der Waals surface area contributed by atoms with E-state index in [0.717, 1.165) is 60.3 Å². The van der Waals surface area contributed by atoms with Gasteiger partial charge in [-0.15, -0.1) is 5.10 Å². The minimum absolute atomic E-state index is 0.000154. The number of hydrogen-bond donors (Lipinski definition) is 2. The van der Waals surface area contributed by atoms with E-state index in [2.05, 4.69) is 10.6 Å². The number of aryl methyl sites for hydroxylation is 1. The van der Waals surface area contributed by atoms with Crippen molar-refractivity contribution >= 4 is 46.8 Å². The summed E-state index contributed by atoms with van der Waals surface area (Å²) in [6, 6.07) is 20.5. The van der Waals surface area contributed by atoms with Crippen molar-refractivity contribution in [2.75, 3.05) is 30.3 Å². The summed E-state index contributed by atoms with van der Waals surface area (Å²) in [4.78, 5) is 33.3. The molecule has 6 rings (SSSR count). The lowest BCUT2D eigenvalue weighted by molar-refractivity contribution is -0.134. The summed E-state index contributed by atoms with van der Waals surface area (Å²) in [7, 11) is 0. The van der Waals surface area contributed by atoms with Crippen LogP contribution in [0.5, 0.6) is 5.75 Å². The van der Waals surface area contributed by atoms with Crippen LogP contribution in [0.25, 0.3) is 0 Å². The molecule has 0 saturated carbocycles. The van der Waals surface area contributed by atoms with Gasteiger partial charge in [0.2, 0.25) is 11.1 Å². The number of benzene rings is 3. The molecule has 238 valence electrons. The van der Waals surface area contributed by atoms with Crippen molar-refractivity contribution in [3.63, 3.8) is 0 Å². The number of nitrogens with zero attached hydrogens (tertiary/aromatic N) is 4. The average Bonchev–Trinajstić information content (AvgIpc) is 3.47. The minimum Gasteiger partial charge on any atom is -0.484 e. The molecule has 3 aromatic carbocycles. The van der Waals surface area contributed by atoms with Gasteiger partial charge < -0.3 is 20.3 Å². The molecule has 2 aliphatic rings. The molecule has 0 aliphatic carbocycles. The molecular weight excluding hydrogens is 620 g/mol. The van der Waals surface area contributed by atoms with Crippen molar-refractivity contribution < 1.29 is 14.3 Å². The monoisotopic (exact) mass is 656 g/mol. The summed E-state index contributed by atoms with van der Waals surface area (Å²) in [5.74, 6) is 1.49. The fourth-order valence-corrected chi connectivity index (χ4v) is 6.87. The fraction of sp³-hybridized carbons (Fsp3) is 0.314. The SMILES string of the molecule is CC1=C(C(=O)Nc2cccc(C)c2C)C(c2ccc(OCC(=O)N3CCCCC3)cc2)n2nc(SCc3ccccc3Cl)nc2N1. The molecule has 1 atom stereocenters. The average molecular weight is 657 g/mol. The van der Waals surface area contributed by atoms with Crippen LogP contribution in [0.1, 0.15) is 54.5 Å². The predicted molar refractivity (Wildman–Crippen MR) is 182 cm³/mol. The van der Waals surface area contributed by atoms with Crippen LogP contribution in [0.4, 0.5) is 11.6 Å². The van der Waals surface area contributed by atoms with Crippen molar-refractivity contribution in [1.82, 2.24) is 19.7 Å². The van der Waals surface area contributed by atoms with E-state index in [-0.39, 0.29) is 18.4 Å². The molecule has 2 aliphatic heterocycles. The number of aromatic nitrogens is 3. The number of thioether (sulfide) groups is 1. The summed E-state index contributed by atoms with van der Waals surface area (Å²) in [6.07, 6.45) is 3.23. The van der Waals surface area contributed by atoms with Crippen molar-refractivity contribution in [3.8, 4) is 5.75 Å². The largest absolute Gasteiger partial charge is 0.484 e. The van der Waals surface area contributed by atoms with E-state index in [1.807, 2.05) is 92.4 Å². The van der Waals surface area contributed by atoms with Crippen LogP contribution in [0.15, 0.2) is 83.2 Å². The number of rotatable bonds is 9. The van der Waals surface area contributed by atoms with E-state index in [4.69, 9.17) is 26.4 Å². The topological polar surface area (TPSA) is 101 Å². The summed E-state index contributed by atoms with van der Waals surface area (Å²) in [6.45, 7) is 7.46. The number of anilines is 2. The van der Waals surface area contributed by atoms with E-state index in [1.165, 1.54) is 11.8 Å². The molecule has 1 aromatic heterocycles. The summed E-state index contributed by atoms with van der Waals surface area (Å²) >= 11 is 7.87. The molecule has 1 unspecified atom stereocenters. The van der Waals surface area contributed by atoms with Gasteiger partial charge in [0.15, 0.2) is 6.61 Å². The van der Waals surface area contributed by atoms with Crippen molar-refractivity contribution in [1.29, 1.82) is 0 Å². The van der Waals surface area contributed by atoms with E-state index in [0.29, 0.717) is 38.9 Å². The number of piperidine rings is 1. The van der Waals surface area contributed by atoms with Gasteiger partial charge in [-0.25, -0.2) is 4.68 Å². The van der Waals surface area contributed by atoms with Crippen molar-refractivity contribution in [2.24, 2.45) is 0 Å². The number of nitrogens with one attached hydrogen (secondary N) is 2. The molecule has 2 N–H and O–H groups in total. The molecule has 0 spiro atoms. The maximum absolute atomic E-state index is 14.0. The molecule has 0 bridgehead atoms. The van der Waals surface area contributed by atoms with Crippen LogP contribution in [0.3, 0.4) is 0 Å². The molecular formula is C35H37ClN6O3S. The second-order valence-electron chi connectivity index (χ2n) is 11.6. The lowest BCUT2D eigenvalue weighted by Gasteiger charge is -2.29. The second kappa shape index (κ2) is 14.0. The zero-order chi connectivity index (χ0) is 32.2. The van der Waals surface area contributed by atoms with Gasteiger partial charge in [-0.1, -0.05) is 65.8 Å². The van der Waals surface area contributed by atoms with E-state index < -0.39 is 6.04 Å². The Morgan fingerprint density at radius 2 is 1.76 bits per heavy atom. The summed E-state index contributed by atoms with van der Waals surface area (Å²) < 4.78 is 7.64. The number of ether oxygens (including phenoxy) is 1. The van der Waals surface area contributed by atoms with Crippen LogP contribution in [0, 0.1) is 13.8 Å². The third-order valence-electron chi connectivity index (χ3n) is 8.51. The smallest absolute Gasteiger partial charge is 0.260 e. The highest BCUT2D eigenvalue weighted by molar-refractivity contribution is 7.98. The van der Waals surface area contributed by atoms with E-state index in [9.17, 15) is 9.59 Å². The molecule has 9 nitrogen and oxygen atoms in total. The minimum atomic E-state index is -0.562. The number of carbonyl (C=O) groups is 2. The Bertz CT molecular complexity index is 1780. The molecule has 2 amide bonds. The normalized spacial score (nSPS) is 16.1. The standard InChI is InChI=1S/C35H37ClN6O3S/c1-22-10-9-13-29(23(22)2)38-33(44)31-24(3)37-34-39-35(46-21-26-11-5-6-12-28(26)36)40-42(34)32(31)25-14-16-27(17-15-25)45-20-30(43)41-18-7-4-8-19-41/h5-6,9-17,32H,4,7-8,18-21H2,1-3H3,(H,38,44)(H,37,39,40). The Balaban J connectivity index is 1.28. The maximum Gasteiger partial charge on any atom is 0.260 e. The lowest BCUT2D eigenvalue weighted by Crippen LogP contribution is -2.38. The summed E-state index contributed by atoms with van der Waals surface area (Å²) in [5.41, 5.74) is 5.88. The first-order chi connectivity index (χ1) is 22.3. The Labute approximate surface area is 278 Å². The third kappa shape index (κ3) is 6.93. The quantitative estimate of drug-likeness (QED) is 0.184. The number of allylic oxidation sites excluding steroid dienone is 1. The van der Waals surface area contributed by atoms with Gasteiger partial charge in [0.05, 0.1) is 5.57 Å². The zero-order valence-electron chi connectivity index (χ0n) is 26.2. The third-order valence-corrected chi connectivity index (χ3v) is 9.77. The first-order valence-corrected chi connectivity index (χ1v) is 16.8. The number of fused-ring (bicyclic) bond motifs is 1. The van der Waals surface area contributed by atoms with Gasteiger partial charge in [0.1, 0.15) is 11.8 Å². The molecule has 1 fully saturated rings. The van der Waals surface area contributed by atoms with E-state index >= 15 is 0 Å². The van der Waals surface area contributed by atoms with Crippen LogP contribution >= 0.6 is 23.4 Å². The molecule has 1 saturated heterocycles. The first kappa shape index (κ1) is 31.7.